The van der Waals surface area contributed by atoms with E-state index in [0.717, 1.165) is 6.07 Å². The number of benzene rings is 2. The van der Waals surface area contributed by atoms with E-state index in [-0.39, 0.29) is 5.56 Å². The molecule has 0 aliphatic carbocycles. The molecule has 0 spiro atoms. The van der Waals surface area contributed by atoms with Crippen LogP contribution in [0.3, 0.4) is 0 Å². The first-order valence-electron chi connectivity index (χ1n) is 9.55. The minimum absolute atomic E-state index is 0.251. The molecule has 11 heteroatoms. The maximum absolute atomic E-state index is 12.6. The van der Waals surface area contributed by atoms with Crippen molar-refractivity contribution < 1.29 is 27.4 Å². The van der Waals surface area contributed by atoms with E-state index in [2.05, 4.69) is 25.0 Å². The third-order valence-electron chi connectivity index (χ3n) is 4.26. The van der Waals surface area contributed by atoms with E-state index in [1.54, 1.807) is 60.5 Å². The van der Waals surface area contributed by atoms with Gasteiger partial charge in [-0.3, -0.25) is 9.36 Å². The van der Waals surface area contributed by atoms with Gasteiger partial charge in [0.05, 0.1) is 5.56 Å². The molecule has 4 aromatic rings. The number of aromatic nitrogens is 4. The SMILES string of the molecule is Cc1nc(Oc2ccc(NC(=O)c3ccccc3OC(F)(F)F)cc2)cc(-n2ccnc2)n1. The first kappa shape index (κ1) is 21.8. The standard InChI is InChI=1S/C22H16F3N5O3/c1-14-27-19(30-11-10-26-13-30)12-20(28-14)32-16-8-6-15(7-9-16)29-21(31)17-4-2-3-5-18(17)33-22(23,24)25/h2-13H,1H3,(H,29,31). The highest BCUT2D eigenvalue weighted by atomic mass is 19.4. The number of carbonyl (C=O) groups is 1. The van der Waals surface area contributed by atoms with Crippen molar-refractivity contribution in [2.75, 3.05) is 5.32 Å². The molecule has 2 heterocycles. The molecule has 0 aliphatic rings. The molecule has 2 aromatic heterocycles. The van der Waals surface area contributed by atoms with Crippen LogP contribution in [0.4, 0.5) is 18.9 Å². The molecule has 1 amide bonds. The molecule has 0 bridgehead atoms. The molecule has 0 fully saturated rings. The monoisotopic (exact) mass is 455 g/mol. The van der Waals surface area contributed by atoms with Crippen LogP contribution in [0.2, 0.25) is 0 Å². The Bertz CT molecular complexity index is 1260. The first-order valence-corrected chi connectivity index (χ1v) is 9.55. The molecular formula is C22H16F3N5O3. The molecule has 2 aromatic carbocycles. The van der Waals surface area contributed by atoms with E-state index in [9.17, 15) is 18.0 Å². The summed E-state index contributed by atoms with van der Waals surface area (Å²) in [6.07, 6.45) is 0.0486. The smallest absolute Gasteiger partial charge is 0.439 e. The average molecular weight is 455 g/mol. The van der Waals surface area contributed by atoms with Gasteiger partial charge in [0.1, 0.15) is 29.5 Å². The highest BCUT2D eigenvalue weighted by Crippen LogP contribution is 2.28. The number of amides is 1. The number of imidazole rings is 1. The number of halogens is 3. The number of nitrogens with one attached hydrogen (secondary N) is 1. The van der Waals surface area contributed by atoms with E-state index in [1.165, 1.54) is 18.2 Å². The molecule has 0 saturated carbocycles. The molecule has 0 unspecified atom stereocenters. The Labute approximate surface area is 185 Å². The van der Waals surface area contributed by atoms with Crippen LogP contribution in [0, 0.1) is 6.92 Å². The van der Waals surface area contributed by atoms with Gasteiger partial charge in [0, 0.05) is 24.1 Å². The quantitative estimate of drug-likeness (QED) is 0.444. The summed E-state index contributed by atoms with van der Waals surface area (Å²) in [5.41, 5.74) is 0.103. The predicted molar refractivity (Wildman–Crippen MR) is 111 cm³/mol. The van der Waals surface area contributed by atoms with Gasteiger partial charge in [-0.25, -0.2) is 9.97 Å². The maximum atomic E-state index is 12.6. The Kier molecular flexibility index (Phi) is 5.94. The first-order chi connectivity index (χ1) is 15.8. The van der Waals surface area contributed by atoms with Gasteiger partial charge in [0.2, 0.25) is 5.88 Å². The van der Waals surface area contributed by atoms with Crippen molar-refractivity contribution in [3.63, 3.8) is 0 Å². The fraction of sp³-hybridized carbons (Fsp3) is 0.0909. The second kappa shape index (κ2) is 8.99. The van der Waals surface area contributed by atoms with Crippen LogP contribution in [0.5, 0.6) is 17.4 Å². The van der Waals surface area contributed by atoms with Crippen LogP contribution in [0.1, 0.15) is 16.2 Å². The minimum Gasteiger partial charge on any atom is -0.439 e. The minimum atomic E-state index is -4.91. The Hall–Kier alpha value is -4.41. The van der Waals surface area contributed by atoms with Crippen LogP contribution >= 0.6 is 0 Å². The van der Waals surface area contributed by atoms with Crippen molar-refractivity contribution in [3.05, 3.63) is 84.7 Å². The van der Waals surface area contributed by atoms with Crippen LogP contribution in [-0.4, -0.2) is 31.8 Å². The topological polar surface area (TPSA) is 91.2 Å². The Morgan fingerprint density at radius 3 is 2.52 bits per heavy atom. The van der Waals surface area contributed by atoms with Gasteiger partial charge in [0.25, 0.3) is 5.91 Å². The molecule has 8 nitrogen and oxygen atoms in total. The summed E-state index contributed by atoms with van der Waals surface area (Å²) < 4.78 is 49.2. The summed E-state index contributed by atoms with van der Waals surface area (Å²) in [6, 6.07) is 13.0. The maximum Gasteiger partial charge on any atom is 0.573 e. The third kappa shape index (κ3) is 5.64. The second-order valence-electron chi connectivity index (χ2n) is 6.71. The van der Waals surface area contributed by atoms with Crippen molar-refractivity contribution in [3.8, 4) is 23.2 Å². The molecule has 0 aliphatic heterocycles. The second-order valence-corrected chi connectivity index (χ2v) is 6.71. The zero-order valence-corrected chi connectivity index (χ0v) is 17.1. The summed E-state index contributed by atoms with van der Waals surface area (Å²) in [5, 5.41) is 2.53. The number of ether oxygens (including phenoxy) is 2. The van der Waals surface area contributed by atoms with Crippen molar-refractivity contribution >= 4 is 11.6 Å². The molecular weight excluding hydrogens is 439 g/mol. The summed E-state index contributed by atoms with van der Waals surface area (Å²) >= 11 is 0. The van der Waals surface area contributed by atoms with E-state index >= 15 is 0 Å². The van der Waals surface area contributed by atoms with E-state index in [4.69, 9.17) is 4.74 Å². The van der Waals surface area contributed by atoms with Crippen LogP contribution in [0.15, 0.2) is 73.3 Å². The van der Waals surface area contributed by atoms with Crippen molar-refractivity contribution in [1.29, 1.82) is 0 Å². The van der Waals surface area contributed by atoms with Crippen molar-refractivity contribution in [1.82, 2.24) is 19.5 Å². The Morgan fingerprint density at radius 2 is 1.82 bits per heavy atom. The van der Waals surface area contributed by atoms with E-state index in [0.29, 0.717) is 29.0 Å². The van der Waals surface area contributed by atoms with Crippen LogP contribution in [-0.2, 0) is 0 Å². The Balaban J connectivity index is 1.46. The summed E-state index contributed by atoms with van der Waals surface area (Å²) in [6.45, 7) is 1.73. The van der Waals surface area contributed by atoms with Gasteiger partial charge in [-0.15, -0.1) is 13.2 Å². The lowest BCUT2D eigenvalue weighted by Gasteiger charge is -2.13. The summed E-state index contributed by atoms with van der Waals surface area (Å²) in [4.78, 5) is 25.0. The van der Waals surface area contributed by atoms with Crippen LogP contribution < -0.4 is 14.8 Å². The number of aryl methyl sites for hydroxylation is 1. The number of para-hydroxylation sites is 1. The van der Waals surface area contributed by atoms with Gasteiger partial charge < -0.3 is 14.8 Å². The van der Waals surface area contributed by atoms with E-state index in [1.807, 2.05) is 0 Å². The molecule has 0 atom stereocenters. The van der Waals surface area contributed by atoms with Crippen molar-refractivity contribution in [2.45, 2.75) is 13.3 Å². The average Bonchev–Trinajstić information content (AvgIpc) is 3.29. The summed E-state index contributed by atoms with van der Waals surface area (Å²) in [5.74, 6) is 0.485. The number of nitrogens with zero attached hydrogens (tertiary/aromatic N) is 4. The number of carbonyl (C=O) groups excluding carboxylic acids is 1. The van der Waals surface area contributed by atoms with Gasteiger partial charge in [-0.1, -0.05) is 12.1 Å². The highest BCUT2D eigenvalue weighted by Gasteiger charge is 2.32. The lowest BCUT2D eigenvalue weighted by atomic mass is 10.2. The fourth-order valence-electron chi connectivity index (χ4n) is 2.90. The highest BCUT2D eigenvalue weighted by molar-refractivity contribution is 6.06. The third-order valence-corrected chi connectivity index (χ3v) is 4.26. The molecule has 33 heavy (non-hydrogen) atoms. The fourth-order valence-corrected chi connectivity index (χ4v) is 2.90. The summed E-state index contributed by atoms with van der Waals surface area (Å²) in [7, 11) is 0. The van der Waals surface area contributed by atoms with E-state index < -0.39 is 18.0 Å². The normalized spacial score (nSPS) is 11.2. The number of alkyl halides is 3. The molecule has 168 valence electrons. The number of anilines is 1. The zero-order chi connectivity index (χ0) is 23.4. The van der Waals surface area contributed by atoms with Gasteiger partial charge in [0.15, 0.2) is 0 Å². The molecule has 1 N–H and O–H groups in total. The largest absolute Gasteiger partial charge is 0.573 e. The number of hydrogen-bond donors (Lipinski definition) is 1. The number of rotatable bonds is 6. The molecule has 0 saturated heterocycles. The van der Waals surface area contributed by atoms with Gasteiger partial charge >= 0.3 is 6.36 Å². The lowest BCUT2D eigenvalue weighted by molar-refractivity contribution is -0.274. The number of hydrogen-bond acceptors (Lipinski definition) is 6. The van der Waals surface area contributed by atoms with Crippen molar-refractivity contribution in [2.24, 2.45) is 0 Å². The van der Waals surface area contributed by atoms with Crippen LogP contribution in [0.25, 0.3) is 5.82 Å². The van der Waals surface area contributed by atoms with Gasteiger partial charge in [-0.2, -0.15) is 4.98 Å². The molecule has 4 rings (SSSR count). The molecule has 0 radical (unpaired) electrons. The Morgan fingerprint density at radius 1 is 1.06 bits per heavy atom. The lowest BCUT2D eigenvalue weighted by Crippen LogP contribution is -2.20. The zero-order valence-electron chi connectivity index (χ0n) is 17.1. The van der Waals surface area contributed by atoms with Gasteiger partial charge in [-0.05, 0) is 43.3 Å². The predicted octanol–water partition coefficient (Wildman–Crippen LogP) is 4.91.